The molecule has 2 N–H and O–H groups in total. The molecule has 0 bridgehead atoms. The second kappa shape index (κ2) is 9.24. The van der Waals surface area contributed by atoms with Gasteiger partial charge in [0, 0.05) is 11.6 Å². The van der Waals surface area contributed by atoms with Crippen LogP contribution in [0.1, 0.15) is 12.0 Å². The van der Waals surface area contributed by atoms with Gasteiger partial charge in [-0.3, -0.25) is 9.59 Å². The molecule has 1 heterocycles. The van der Waals surface area contributed by atoms with E-state index in [0.717, 1.165) is 5.56 Å². The average molecular weight is 421 g/mol. The largest absolute Gasteiger partial charge is 0.490 e. The lowest BCUT2D eigenvalue weighted by Crippen LogP contribution is -2.58. The van der Waals surface area contributed by atoms with Crippen molar-refractivity contribution in [1.82, 2.24) is 4.90 Å². The van der Waals surface area contributed by atoms with E-state index in [1.54, 1.807) is 29.2 Å². The normalized spacial score (nSPS) is 19.0. The van der Waals surface area contributed by atoms with Gasteiger partial charge < -0.3 is 20.1 Å². The van der Waals surface area contributed by atoms with Crippen molar-refractivity contribution >= 4 is 23.4 Å². The summed E-state index contributed by atoms with van der Waals surface area (Å²) in [4.78, 5) is 26.1. The molecule has 2 aromatic rings. The topological polar surface area (TPSA) is 81.9 Å². The second-order valence-corrected chi connectivity index (χ2v) is 7.47. The predicted molar refractivity (Wildman–Crippen MR) is 106 cm³/mol. The molecule has 2 aromatic carbocycles. The standard InChI is InChI=1S/C21H22ClFN2O4/c22-16-3-1-15(2-4-16)11-20(27)25-9-10-29-21(13-25,12-19(24)26)14-28-18-7-5-17(23)6-8-18/h1-8H,9-14H2,(H2,24,26)/t21-/m1/s1. The van der Waals surface area contributed by atoms with Crippen molar-refractivity contribution in [3.8, 4) is 5.75 Å². The predicted octanol–water partition coefficient (Wildman–Crippen LogP) is 2.57. The van der Waals surface area contributed by atoms with Gasteiger partial charge in [-0.05, 0) is 42.0 Å². The Balaban J connectivity index is 1.69. The van der Waals surface area contributed by atoms with E-state index in [2.05, 4.69) is 0 Å². The number of hydrogen-bond acceptors (Lipinski definition) is 4. The van der Waals surface area contributed by atoms with Crippen molar-refractivity contribution in [1.29, 1.82) is 0 Å². The molecule has 0 unspecified atom stereocenters. The molecule has 0 aliphatic carbocycles. The molecular formula is C21H22ClFN2O4. The second-order valence-electron chi connectivity index (χ2n) is 7.04. The highest BCUT2D eigenvalue weighted by Gasteiger charge is 2.40. The number of hydrogen-bond donors (Lipinski definition) is 1. The first-order chi connectivity index (χ1) is 13.8. The van der Waals surface area contributed by atoms with Gasteiger partial charge in [-0.2, -0.15) is 0 Å². The van der Waals surface area contributed by atoms with E-state index in [-0.39, 0.29) is 44.3 Å². The molecule has 154 valence electrons. The van der Waals surface area contributed by atoms with Crippen LogP contribution in [0.5, 0.6) is 5.75 Å². The summed E-state index contributed by atoms with van der Waals surface area (Å²) in [5.74, 6) is -0.591. The number of nitrogens with two attached hydrogens (primary N) is 1. The van der Waals surface area contributed by atoms with Gasteiger partial charge in [-0.15, -0.1) is 0 Å². The summed E-state index contributed by atoms with van der Waals surface area (Å²) in [6.07, 6.45) is 0.113. The third-order valence-corrected chi connectivity index (χ3v) is 4.93. The molecule has 0 aromatic heterocycles. The van der Waals surface area contributed by atoms with Gasteiger partial charge >= 0.3 is 0 Å². The smallest absolute Gasteiger partial charge is 0.227 e. The van der Waals surface area contributed by atoms with Crippen molar-refractivity contribution in [2.75, 3.05) is 26.3 Å². The molecule has 0 radical (unpaired) electrons. The van der Waals surface area contributed by atoms with Crippen molar-refractivity contribution in [2.24, 2.45) is 5.73 Å². The first-order valence-electron chi connectivity index (χ1n) is 9.18. The van der Waals surface area contributed by atoms with Gasteiger partial charge in [0.1, 0.15) is 23.8 Å². The Morgan fingerprint density at radius 1 is 1.17 bits per heavy atom. The molecule has 1 saturated heterocycles. The van der Waals surface area contributed by atoms with E-state index in [0.29, 0.717) is 17.3 Å². The molecular weight excluding hydrogens is 399 g/mol. The van der Waals surface area contributed by atoms with E-state index < -0.39 is 11.5 Å². The molecule has 8 heteroatoms. The SMILES string of the molecule is NC(=O)C[C@]1(COc2ccc(F)cc2)CN(C(=O)Cc2ccc(Cl)cc2)CCO1. The summed E-state index contributed by atoms with van der Waals surface area (Å²) in [6, 6.07) is 12.6. The van der Waals surface area contributed by atoms with E-state index >= 15 is 0 Å². The number of amides is 2. The van der Waals surface area contributed by atoms with Crippen LogP contribution in [0.3, 0.4) is 0 Å². The molecule has 0 saturated carbocycles. The van der Waals surface area contributed by atoms with E-state index in [9.17, 15) is 14.0 Å². The van der Waals surface area contributed by atoms with Gasteiger partial charge in [0.15, 0.2) is 0 Å². The van der Waals surface area contributed by atoms with Crippen LogP contribution in [0.15, 0.2) is 48.5 Å². The van der Waals surface area contributed by atoms with Crippen LogP contribution in [-0.2, 0) is 20.7 Å². The Kier molecular flexibility index (Phi) is 6.71. The lowest BCUT2D eigenvalue weighted by atomic mass is 9.97. The number of morpholine rings is 1. The molecule has 6 nitrogen and oxygen atoms in total. The Labute approximate surface area is 173 Å². The monoisotopic (exact) mass is 420 g/mol. The minimum Gasteiger partial charge on any atom is -0.490 e. The fourth-order valence-electron chi connectivity index (χ4n) is 3.25. The zero-order chi connectivity index (χ0) is 20.9. The number of ether oxygens (including phenoxy) is 2. The number of rotatable bonds is 7. The highest BCUT2D eigenvalue weighted by atomic mass is 35.5. The van der Waals surface area contributed by atoms with Gasteiger partial charge in [-0.25, -0.2) is 4.39 Å². The third kappa shape index (κ3) is 5.92. The van der Waals surface area contributed by atoms with Crippen LogP contribution in [0.4, 0.5) is 4.39 Å². The summed E-state index contributed by atoms with van der Waals surface area (Å²) in [7, 11) is 0. The molecule has 1 fully saturated rings. The van der Waals surface area contributed by atoms with Gasteiger partial charge in [0.25, 0.3) is 0 Å². The van der Waals surface area contributed by atoms with Crippen molar-refractivity contribution in [3.05, 3.63) is 64.9 Å². The molecule has 2 amide bonds. The van der Waals surface area contributed by atoms with Crippen LogP contribution in [0.2, 0.25) is 5.02 Å². The lowest BCUT2D eigenvalue weighted by molar-refractivity contribution is -0.161. The number of carbonyl (C=O) groups is 2. The Morgan fingerprint density at radius 2 is 1.86 bits per heavy atom. The summed E-state index contributed by atoms with van der Waals surface area (Å²) in [6.45, 7) is 0.839. The fourth-order valence-corrected chi connectivity index (χ4v) is 3.38. The van der Waals surface area contributed by atoms with Gasteiger partial charge in [-0.1, -0.05) is 23.7 Å². The van der Waals surface area contributed by atoms with Gasteiger partial charge in [0.2, 0.25) is 11.8 Å². The van der Waals surface area contributed by atoms with E-state index in [1.165, 1.54) is 24.3 Å². The average Bonchev–Trinajstić information content (AvgIpc) is 2.69. The van der Waals surface area contributed by atoms with E-state index in [4.69, 9.17) is 26.8 Å². The molecule has 1 aliphatic heterocycles. The Morgan fingerprint density at radius 3 is 2.52 bits per heavy atom. The number of halogens is 2. The van der Waals surface area contributed by atoms with Gasteiger partial charge in [0.05, 0.1) is 26.0 Å². The Hall–Kier alpha value is -2.64. The fraction of sp³-hybridized carbons (Fsp3) is 0.333. The van der Waals surface area contributed by atoms with E-state index in [1.807, 2.05) is 0 Å². The first kappa shape index (κ1) is 21.1. The van der Waals surface area contributed by atoms with Crippen LogP contribution in [0, 0.1) is 5.82 Å². The third-order valence-electron chi connectivity index (χ3n) is 4.68. The highest BCUT2D eigenvalue weighted by molar-refractivity contribution is 6.30. The lowest BCUT2D eigenvalue weighted by Gasteiger charge is -2.42. The zero-order valence-corrected chi connectivity index (χ0v) is 16.5. The summed E-state index contributed by atoms with van der Waals surface area (Å²) >= 11 is 5.89. The van der Waals surface area contributed by atoms with Crippen molar-refractivity contribution in [2.45, 2.75) is 18.4 Å². The maximum atomic E-state index is 13.1. The Bertz CT molecular complexity index is 860. The van der Waals surface area contributed by atoms with Crippen LogP contribution < -0.4 is 10.5 Å². The molecule has 0 spiro atoms. The molecule has 29 heavy (non-hydrogen) atoms. The van der Waals surface area contributed by atoms with Crippen LogP contribution in [0.25, 0.3) is 0 Å². The molecule has 1 aliphatic rings. The number of carbonyl (C=O) groups excluding carboxylic acids is 2. The quantitative estimate of drug-likeness (QED) is 0.746. The van der Waals surface area contributed by atoms with Crippen LogP contribution in [-0.4, -0.2) is 48.6 Å². The molecule has 1 atom stereocenters. The molecule has 3 rings (SSSR count). The minimum atomic E-state index is -1.06. The number of nitrogens with zero attached hydrogens (tertiary/aromatic N) is 1. The first-order valence-corrected chi connectivity index (χ1v) is 9.56. The number of benzene rings is 2. The summed E-state index contributed by atoms with van der Waals surface area (Å²) < 4.78 is 24.6. The zero-order valence-electron chi connectivity index (χ0n) is 15.8. The minimum absolute atomic E-state index is 0.00625. The summed E-state index contributed by atoms with van der Waals surface area (Å²) in [5, 5.41) is 0.603. The maximum absolute atomic E-state index is 13.1. The van der Waals surface area contributed by atoms with Crippen LogP contribution >= 0.6 is 11.6 Å². The number of primary amides is 1. The van der Waals surface area contributed by atoms with Crippen molar-refractivity contribution < 1.29 is 23.5 Å². The maximum Gasteiger partial charge on any atom is 0.227 e. The summed E-state index contributed by atoms with van der Waals surface area (Å²) in [5.41, 5.74) is 5.20. The highest BCUT2D eigenvalue weighted by Crippen LogP contribution is 2.25. The van der Waals surface area contributed by atoms with Crippen molar-refractivity contribution in [3.63, 3.8) is 0 Å².